The lowest BCUT2D eigenvalue weighted by Crippen LogP contribution is -2.63. The number of halogens is 2. The van der Waals surface area contributed by atoms with Crippen LogP contribution in [0, 0.1) is 5.41 Å². The van der Waals surface area contributed by atoms with E-state index in [1.807, 2.05) is 51.3 Å². The lowest BCUT2D eigenvalue weighted by molar-refractivity contribution is -0.129. The van der Waals surface area contributed by atoms with Crippen LogP contribution in [0.4, 0.5) is 19.3 Å². The van der Waals surface area contributed by atoms with Gasteiger partial charge in [-0.25, -0.2) is 4.79 Å². The standard InChI is InChI=1S/C32H49F2N5O4/c1-10-11-32(33,34)25-12-24-23(14-35-25)31(8,9)20-39(24)27(41)18-36-15-21(2)38(28(42)43-29(3,4)5)17-22(36)16-37-19-30(6,7)13-26(37)40/h12,14,21-22H,10-11,13,15-20H2,1-9H3/t21-,22+/m1/s1. The summed E-state index contributed by atoms with van der Waals surface area (Å²) in [5, 5.41) is 0. The fraction of sp³-hybridized carbons (Fsp3) is 0.750. The predicted molar refractivity (Wildman–Crippen MR) is 161 cm³/mol. The average molecular weight is 606 g/mol. The van der Waals surface area contributed by atoms with Gasteiger partial charge >= 0.3 is 6.09 Å². The Hall–Kier alpha value is -2.82. The molecule has 2 fully saturated rings. The van der Waals surface area contributed by atoms with Gasteiger partial charge < -0.3 is 19.4 Å². The highest BCUT2D eigenvalue weighted by Gasteiger charge is 2.45. The third-order valence-electron chi connectivity index (χ3n) is 8.65. The van der Waals surface area contributed by atoms with Crippen LogP contribution in [0.1, 0.15) is 92.8 Å². The number of hydrogen-bond acceptors (Lipinski definition) is 6. The molecule has 1 aromatic heterocycles. The second-order valence-electron chi connectivity index (χ2n) is 15.1. The third-order valence-corrected chi connectivity index (χ3v) is 8.65. The summed E-state index contributed by atoms with van der Waals surface area (Å²) in [6.07, 6.45) is 1.51. The number of nitrogens with zero attached hydrogens (tertiary/aromatic N) is 5. The molecular weight excluding hydrogens is 556 g/mol. The molecule has 2 saturated heterocycles. The van der Waals surface area contributed by atoms with Gasteiger partial charge in [-0.1, -0.05) is 41.0 Å². The van der Waals surface area contributed by atoms with Crippen LogP contribution in [0.5, 0.6) is 0 Å². The molecule has 9 nitrogen and oxygen atoms in total. The van der Waals surface area contributed by atoms with E-state index in [1.54, 1.807) is 16.7 Å². The molecule has 240 valence electrons. The van der Waals surface area contributed by atoms with Crippen molar-refractivity contribution in [3.05, 3.63) is 23.5 Å². The second-order valence-corrected chi connectivity index (χ2v) is 15.1. The first-order valence-corrected chi connectivity index (χ1v) is 15.4. The molecule has 0 aliphatic carbocycles. The van der Waals surface area contributed by atoms with Crippen LogP contribution in [-0.2, 0) is 25.7 Å². The predicted octanol–water partition coefficient (Wildman–Crippen LogP) is 5.17. The summed E-state index contributed by atoms with van der Waals surface area (Å²) in [6, 6.07) is 0.835. The van der Waals surface area contributed by atoms with Crippen molar-refractivity contribution in [1.82, 2.24) is 19.7 Å². The topological polar surface area (TPSA) is 86.3 Å². The summed E-state index contributed by atoms with van der Waals surface area (Å²) in [5.41, 5.74) is -0.346. The Labute approximate surface area is 254 Å². The SMILES string of the molecule is CCCC(F)(F)c1cc2c(cn1)C(C)(C)CN2C(=O)CN1C[C@@H](C)N(C(=O)OC(C)(C)C)C[C@@H]1CN1CC(C)(C)CC1=O. The molecule has 43 heavy (non-hydrogen) atoms. The number of likely N-dealkylation sites (tertiary alicyclic amines) is 1. The molecule has 0 spiro atoms. The monoisotopic (exact) mass is 605 g/mol. The Bertz CT molecular complexity index is 1240. The summed E-state index contributed by atoms with van der Waals surface area (Å²) in [6.45, 7) is 19.2. The van der Waals surface area contributed by atoms with Crippen LogP contribution >= 0.6 is 0 Å². The molecule has 0 N–H and O–H groups in total. The molecule has 0 bridgehead atoms. The number of piperazine rings is 1. The third kappa shape index (κ3) is 7.29. The largest absolute Gasteiger partial charge is 0.444 e. The van der Waals surface area contributed by atoms with Gasteiger partial charge in [0.25, 0.3) is 5.92 Å². The van der Waals surface area contributed by atoms with E-state index < -0.39 is 23.0 Å². The van der Waals surface area contributed by atoms with Crippen molar-refractivity contribution in [3.63, 3.8) is 0 Å². The van der Waals surface area contributed by atoms with E-state index in [-0.39, 0.29) is 48.0 Å². The number of pyridine rings is 1. The first-order chi connectivity index (χ1) is 19.7. The van der Waals surface area contributed by atoms with Crippen LogP contribution in [0.25, 0.3) is 0 Å². The Kier molecular flexibility index (Phi) is 8.92. The highest BCUT2D eigenvalue weighted by Crippen LogP contribution is 2.43. The fourth-order valence-corrected chi connectivity index (χ4v) is 6.53. The summed E-state index contributed by atoms with van der Waals surface area (Å²) in [5.74, 6) is -3.24. The van der Waals surface area contributed by atoms with Crippen LogP contribution < -0.4 is 4.90 Å². The van der Waals surface area contributed by atoms with E-state index in [0.717, 1.165) is 5.56 Å². The maximum Gasteiger partial charge on any atom is 0.410 e. The highest BCUT2D eigenvalue weighted by atomic mass is 19.3. The van der Waals surface area contributed by atoms with E-state index in [0.29, 0.717) is 51.3 Å². The molecular formula is C32H49F2N5O4. The minimum Gasteiger partial charge on any atom is -0.444 e. The van der Waals surface area contributed by atoms with E-state index in [1.165, 1.54) is 12.3 Å². The van der Waals surface area contributed by atoms with Crippen molar-refractivity contribution in [1.29, 1.82) is 0 Å². The number of rotatable bonds is 7. The smallest absolute Gasteiger partial charge is 0.410 e. The van der Waals surface area contributed by atoms with Crippen LogP contribution in [0.2, 0.25) is 0 Å². The first-order valence-electron chi connectivity index (χ1n) is 15.4. The summed E-state index contributed by atoms with van der Waals surface area (Å²) >= 11 is 0. The zero-order valence-corrected chi connectivity index (χ0v) is 27.3. The highest BCUT2D eigenvalue weighted by molar-refractivity contribution is 5.97. The van der Waals surface area contributed by atoms with Gasteiger partial charge in [0.05, 0.1) is 12.2 Å². The molecule has 11 heteroatoms. The molecule has 3 amide bonds. The minimum absolute atomic E-state index is 0.0289. The lowest BCUT2D eigenvalue weighted by Gasteiger charge is -2.46. The number of amides is 3. The van der Waals surface area contributed by atoms with Gasteiger partial charge in [-0.2, -0.15) is 8.78 Å². The van der Waals surface area contributed by atoms with Gasteiger partial charge in [-0.15, -0.1) is 0 Å². The number of anilines is 1. The molecule has 3 aliphatic rings. The number of alkyl halides is 2. The van der Waals surface area contributed by atoms with Crippen molar-refractivity contribution in [2.24, 2.45) is 5.41 Å². The van der Waals surface area contributed by atoms with Gasteiger partial charge in [0.15, 0.2) is 0 Å². The van der Waals surface area contributed by atoms with Crippen molar-refractivity contribution >= 4 is 23.6 Å². The molecule has 1 aromatic rings. The van der Waals surface area contributed by atoms with E-state index >= 15 is 0 Å². The molecule has 4 rings (SSSR count). The maximum atomic E-state index is 14.8. The summed E-state index contributed by atoms with van der Waals surface area (Å²) < 4.78 is 35.4. The van der Waals surface area contributed by atoms with Crippen molar-refractivity contribution in [3.8, 4) is 0 Å². The number of carbonyl (C=O) groups is 3. The number of carbonyl (C=O) groups excluding carboxylic acids is 3. The zero-order chi connectivity index (χ0) is 32.1. The fourth-order valence-electron chi connectivity index (χ4n) is 6.53. The van der Waals surface area contributed by atoms with Gasteiger partial charge in [-0.3, -0.25) is 19.5 Å². The van der Waals surface area contributed by atoms with Gasteiger partial charge in [-0.05, 0) is 39.2 Å². The molecule has 3 aliphatic heterocycles. The second kappa shape index (κ2) is 11.6. The number of fused-ring (bicyclic) bond motifs is 1. The van der Waals surface area contributed by atoms with Crippen LogP contribution in [0.3, 0.4) is 0 Å². The molecule has 0 aromatic carbocycles. The van der Waals surface area contributed by atoms with E-state index in [2.05, 4.69) is 18.8 Å². The number of aromatic nitrogens is 1. The van der Waals surface area contributed by atoms with Crippen molar-refractivity contribution in [2.75, 3.05) is 44.2 Å². The quantitative estimate of drug-likeness (QED) is 0.427. The lowest BCUT2D eigenvalue weighted by atomic mass is 9.88. The Morgan fingerprint density at radius 3 is 2.37 bits per heavy atom. The van der Waals surface area contributed by atoms with Gasteiger partial charge in [0.1, 0.15) is 11.3 Å². The number of hydrogen-bond donors (Lipinski definition) is 0. The summed E-state index contributed by atoms with van der Waals surface area (Å²) in [7, 11) is 0. The Morgan fingerprint density at radius 2 is 1.79 bits per heavy atom. The normalized spacial score (nSPS) is 24.0. The number of ether oxygens (including phenoxy) is 1. The Morgan fingerprint density at radius 1 is 1.12 bits per heavy atom. The maximum absolute atomic E-state index is 14.8. The molecule has 4 heterocycles. The van der Waals surface area contributed by atoms with Gasteiger partial charge in [0, 0.05) is 74.8 Å². The summed E-state index contributed by atoms with van der Waals surface area (Å²) in [4.78, 5) is 51.3. The van der Waals surface area contributed by atoms with E-state index in [9.17, 15) is 23.2 Å². The van der Waals surface area contributed by atoms with Gasteiger partial charge in [0.2, 0.25) is 11.8 Å². The van der Waals surface area contributed by atoms with Crippen molar-refractivity contribution in [2.45, 2.75) is 111 Å². The first kappa shape index (κ1) is 33.1. The van der Waals surface area contributed by atoms with Crippen LogP contribution in [0.15, 0.2) is 12.3 Å². The molecule has 0 saturated carbocycles. The molecule has 2 atom stereocenters. The molecule has 0 radical (unpaired) electrons. The Balaban J connectivity index is 1.60. The average Bonchev–Trinajstić information content (AvgIpc) is 3.29. The van der Waals surface area contributed by atoms with Crippen LogP contribution in [-0.4, -0.2) is 94.5 Å². The molecule has 0 unspecified atom stereocenters. The van der Waals surface area contributed by atoms with Crippen molar-refractivity contribution < 1.29 is 27.9 Å². The minimum atomic E-state index is -3.08. The zero-order valence-electron chi connectivity index (χ0n) is 27.3. The van der Waals surface area contributed by atoms with E-state index in [4.69, 9.17) is 4.74 Å².